The third-order valence-electron chi connectivity index (χ3n) is 0.514. The monoisotopic (exact) mass is 148 g/mol. The summed E-state index contributed by atoms with van der Waals surface area (Å²) in [6.45, 7) is 2.39. The van der Waals surface area contributed by atoms with Crippen molar-refractivity contribution in [2.24, 2.45) is 0 Å². The molecule has 0 amide bonds. The first-order valence-corrected chi connectivity index (χ1v) is 3.84. The lowest BCUT2D eigenvalue weighted by Gasteiger charge is -2.02. The Bertz CT molecular complexity index is 160. The molecule has 0 bridgehead atoms. The molecule has 2 unspecified atom stereocenters. The van der Waals surface area contributed by atoms with Crippen LogP contribution in [0, 0.1) is 11.3 Å². The Hall–Kier alpha value is -0.490. The summed E-state index contributed by atoms with van der Waals surface area (Å²) in [5.41, 5.74) is 0. The van der Waals surface area contributed by atoms with E-state index in [1.165, 1.54) is 12.7 Å². The van der Waals surface area contributed by atoms with E-state index in [4.69, 9.17) is 10.4 Å². The van der Waals surface area contributed by atoms with Crippen molar-refractivity contribution in [1.29, 1.82) is 5.26 Å². The molecule has 0 radical (unpaired) electrons. The zero-order valence-electron chi connectivity index (χ0n) is 5.16. The normalized spacial score (nSPS) is 17.8. The molecule has 0 saturated carbocycles. The van der Waals surface area contributed by atoms with Crippen LogP contribution in [0.2, 0.25) is 0 Å². The van der Waals surface area contributed by atoms with Crippen molar-refractivity contribution >= 4 is 8.03 Å². The number of aliphatic hydroxyl groups is 1. The molecule has 4 nitrogen and oxygen atoms in total. The Labute approximate surface area is 53.9 Å². The summed E-state index contributed by atoms with van der Waals surface area (Å²) in [4.78, 5) is 0. The van der Waals surface area contributed by atoms with Gasteiger partial charge in [-0.25, -0.2) is 0 Å². The molecule has 5 heteroatoms. The summed E-state index contributed by atoms with van der Waals surface area (Å²) in [5, 5.41) is 16.8. The maximum atomic E-state index is 10.2. The molecule has 9 heavy (non-hydrogen) atoms. The van der Waals surface area contributed by atoms with Gasteiger partial charge in [0.1, 0.15) is 6.07 Å². The number of hydrogen-bond donors (Lipinski definition) is 1. The van der Waals surface area contributed by atoms with E-state index in [0.29, 0.717) is 0 Å². The molecule has 0 aliphatic heterocycles. The molecular weight excluding hydrogens is 141 g/mol. The highest BCUT2D eigenvalue weighted by Crippen LogP contribution is 2.23. The van der Waals surface area contributed by atoms with Gasteiger partial charge in [0, 0.05) is 6.92 Å². The molecule has 2 atom stereocenters. The minimum Gasteiger partial charge on any atom is -0.351 e. The zero-order chi connectivity index (χ0) is 7.49. The minimum atomic E-state index is -1.92. The van der Waals surface area contributed by atoms with E-state index in [0.717, 1.165) is 6.92 Å². The van der Waals surface area contributed by atoms with Crippen LogP contribution >= 0.6 is 8.03 Å². The van der Waals surface area contributed by atoms with Crippen LogP contribution in [0.4, 0.5) is 0 Å². The predicted octanol–water partition coefficient (Wildman–Crippen LogP) is 0.607. The van der Waals surface area contributed by atoms with E-state index < -0.39 is 13.8 Å². The third kappa shape index (κ3) is 4.04. The van der Waals surface area contributed by atoms with Crippen molar-refractivity contribution in [1.82, 2.24) is 0 Å². The average molecular weight is 148 g/mol. The van der Waals surface area contributed by atoms with Gasteiger partial charge in [-0.1, -0.05) is 4.52 Å². The molecule has 0 fully saturated rings. The maximum absolute atomic E-state index is 10.2. The van der Waals surface area contributed by atoms with Gasteiger partial charge < -0.3 is 5.11 Å². The second-order valence-electron chi connectivity index (χ2n) is 1.63. The SMILES string of the molecule is C[P+](=O)OC(C)(O)C#N. The number of hydrogen-bond acceptors (Lipinski definition) is 4. The van der Waals surface area contributed by atoms with Crippen LogP contribution in [0.25, 0.3) is 0 Å². The van der Waals surface area contributed by atoms with E-state index in [1.807, 2.05) is 0 Å². The van der Waals surface area contributed by atoms with Crippen LogP contribution in [0.15, 0.2) is 0 Å². The summed E-state index contributed by atoms with van der Waals surface area (Å²) < 4.78 is 14.5. The second-order valence-corrected chi connectivity index (χ2v) is 2.69. The standard InChI is InChI=1S/C4H7NO3P/c1-4(6,3-5)8-9(2)7/h6H,1-2H3/q+1. The van der Waals surface area contributed by atoms with Crippen molar-refractivity contribution in [2.75, 3.05) is 6.66 Å². The lowest BCUT2D eigenvalue weighted by atomic mass is 10.4. The van der Waals surface area contributed by atoms with Gasteiger partial charge in [0.15, 0.2) is 6.66 Å². The second kappa shape index (κ2) is 2.88. The van der Waals surface area contributed by atoms with Crippen molar-refractivity contribution in [2.45, 2.75) is 12.7 Å². The Morgan fingerprint density at radius 2 is 2.33 bits per heavy atom. The largest absolute Gasteiger partial charge is 0.508 e. The van der Waals surface area contributed by atoms with Crippen LogP contribution in [0.1, 0.15) is 6.92 Å². The minimum absolute atomic E-state index is 1.13. The van der Waals surface area contributed by atoms with E-state index in [2.05, 4.69) is 4.52 Å². The van der Waals surface area contributed by atoms with E-state index >= 15 is 0 Å². The summed E-state index contributed by atoms with van der Waals surface area (Å²) in [5.74, 6) is -1.91. The fraction of sp³-hybridized carbons (Fsp3) is 0.750. The topological polar surface area (TPSA) is 70.3 Å². The molecule has 0 spiro atoms. The van der Waals surface area contributed by atoms with Gasteiger partial charge in [-0.05, 0) is 4.57 Å². The van der Waals surface area contributed by atoms with Crippen LogP contribution < -0.4 is 0 Å². The summed E-state index contributed by atoms with van der Waals surface area (Å²) in [6, 6.07) is 1.42. The van der Waals surface area contributed by atoms with Crippen molar-refractivity contribution < 1.29 is 14.2 Å². The van der Waals surface area contributed by atoms with Crippen LogP contribution in [0.3, 0.4) is 0 Å². The summed E-state index contributed by atoms with van der Waals surface area (Å²) >= 11 is 0. The lowest BCUT2D eigenvalue weighted by Crippen LogP contribution is -2.21. The predicted molar refractivity (Wildman–Crippen MR) is 30.9 cm³/mol. The molecule has 0 saturated heterocycles. The summed E-state index contributed by atoms with van der Waals surface area (Å²) in [6.07, 6.45) is 0. The first-order chi connectivity index (χ1) is 3.98. The smallest absolute Gasteiger partial charge is 0.351 e. The van der Waals surface area contributed by atoms with Crippen LogP contribution in [-0.4, -0.2) is 17.6 Å². The van der Waals surface area contributed by atoms with Gasteiger partial charge in [-0.2, -0.15) is 5.26 Å². The molecule has 50 valence electrons. The van der Waals surface area contributed by atoms with E-state index in [1.54, 1.807) is 0 Å². The number of rotatable bonds is 2. The highest BCUT2D eigenvalue weighted by Gasteiger charge is 2.30. The van der Waals surface area contributed by atoms with Gasteiger partial charge >= 0.3 is 13.8 Å². The van der Waals surface area contributed by atoms with Gasteiger partial charge in [-0.3, -0.25) is 0 Å². The van der Waals surface area contributed by atoms with Crippen molar-refractivity contribution in [3.8, 4) is 6.07 Å². The zero-order valence-corrected chi connectivity index (χ0v) is 6.05. The van der Waals surface area contributed by atoms with Gasteiger partial charge in [0.05, 0.1) is 0 Å². The van der Waals surface area contributed by atoms with Crippen molar-refractivity contribution in [3.05, 3.63) is 0 Å². The quantitative estimate of drug-likeness (QED) is 0.353. The van der Waals surface area contributed by atoms with Crippen molar-refractivity contribution in [3.63, 3.8) is 0 Å². The molecule has 0 aromatic carbocycles. The Kier molecular flexibility index (Phi) is 2.72. The first-order valence-electron chi connectivity index (χ1n) is 2.21. The molecular formula is C4H7NO3P+. The molecule has 0 aliphatic carbocycles. The lowest BCUT2D eigenvalue weighted by molar-refractivity contribution is -0.0640. The Balaban J connectivity index is 3.91. The van der Waals surface area contributed by atoms with Gasteiger partial charge in [-0.15, -0.1) is 0 Å². The first kappa shape index (κ1) is 8.51. The van der Waals surface area contributed by atoms with Gasteiger partial charge in [0.25, 0.3) is 0 Å². The van der Waals surface area contributed by atoms with Crippen LogP contribution in [0.5, 0.6) is 0 Å². The Morgan fingerprint density at radius 3 is 2.44 bits per heavy atom. The van der Waals surface area contributed by atoms with Crippen LogP contribution in [-0.2, 0) is 9.09 Å². The molecule has 1 N–H and O–H groups in total. The average Bonchev–Trinajstić information content (AvgIpc) is 1.63. The maximum Gasteiger partial charge on any atom is 0.508 e. The highest BCUT2D eigenvalue weighted by atomic mass is 31.1. The molecule has 0 aromatic rings. The molecule has 0 heterocycles. The molecule has 0 aromatic heterocycles. The number of nitriles is 1. The Morgan fingerprint density at radius 1 is 1.89 bits per heavy atom. The van der Waals surface area contributed by atoms with E-state index in [-0.39, 0.29) is 0 Å². The van der Waals surface area contributed by atoms with E-state index in [9.17, 15) is 4.57 Å². The molecule has 0 aliphatic rings. The fourth-order valence-corrected chi connectivity index (χ4v) is 0.812. The molecule has 0 rings (SSSR count). The number of nitrogens with zero attached hydrogens (tertiary/aromatic N) is 1. The van der Waals surface area contributed by atoms with Gasteiger partial charge in [0.2, 0.25) is 0 Å². The fourth-order valence-electron chi connectivity index (χ4n) is 0.271. The highest BCUT2D eigenvalue weighted by molar-refractivity contribution is 7.38. The third-order valence-corrected chi connectivity index (χ3v) is 1.13. The summed E-state index contributed by atoms with van der Waals surface area (Å²) in [7, 11) is -1.92.